The van der Waals surface area contributed by atoms with Crippen LogP contribution in [0.3, 0.4) is 0 Å². The van der Waals surface area contributed by atoms with Crippen LogP contribution < -0.4 is 0 Å². The average molecular weight is 423 g/mol. The molecule has 162 valence electrons. The Morgan fingerprint density at radius 2 is 1.84 bits per heavy atom. The van der Waals surface area contributed by atoms with Crippen molar-refractivity contribution in [2.45, 2.75) is 32.4 Å². The topological polar surface area (TPSA) is 67.2 Å². The first-order valence-electron chi connectivity index (χ1n) is 10.6. The molecule has 1 aliphatic rings. The fourth-order valence-corrected chi connectivity index (χ4v) is 4.09. The Morgan fingerprint density at radius 1 is 1.03 bits per heavy atom. The standard InChI is InChI=1S/C23H27FN6O/c1-18-25-26-27-30(18)22(16-20-9-5-10-21(24)15-20)23(31)29-12-6-11-28(13-14-29)17-19-7-3-2-4-8-19/h2-5,7-10,15,22H,6,11-14,16-17H2,1H3/t22-/m0/s1. The van der Waals surface area contributed by atoms with Gasteiger partial charge >= 0.3 is 0 Å². The zero-order valence-electron chi connectivity index (χ0n) is 17.7. The molecule has 1 aromatic heterocycles. The van der Waals surface area contributed by atoms with E-state index in [0.29, 0.717) is 25.3 Å². The normalized spacial score (nSPS) is 16.1. The predicted octanol–water partition coefficient (Wildman–Crippen LogP) is 2.64. The lowest BCUT2D eigenvalue weighted by Gasteiger charge is -2.27. The van der Waals surface area contributed by atoms with Gasteiger partial charge in [-0.1, -0.05) is 42.5 Å². The first kappa shape index (κ1) is 21.1. The van der Waals surface area contributed by atoms with Crippen molar-refractivity contribution in [2.24, 2.45) is 0 Å². The Kier molecular flexibility index (Phi) is 6.66. The molecule has 0 saturated carbocycles. The minimum absolute atomic E-state index is 0.0266. The molecule has 7 nitrogen and oxygen atoms in total. The number of tetrazole rings is 1. The molecule has 2 aromatic carbocycles. The van der Waals surface area contributed by atoms with E-state index in [1.54, 1.807) is 17.7 Å². The first-order chi connectivity index (χ1) is 15.1. The van der Waals surface area contributed by atoms with E-state index in [9.17, 15) is 9.18 Å². The Hall–Kier alpha value is -3.13. The van der Waals surface area contributed by atoms with Gasteiger partial charge in [0.05, 0.1) is 0 Å². The summed E-state index contributed by atoms with van der Waals surface area (Å²) in [5.41, 5.74) is 2.02. The van der Waals surface area contributed by atoms with Crippen molar-refractivity contribution >= 4 is 5.91 Å². The van der Waals surface area contributed by atoms with Crippen LogP contribution >= 0.6 is 0 Å². The highest BCUT2D eigenvalue weighted by Gasteiger charge is 2.30. The molecule has 1 fully saturated rings. The number of hydrogen-bond acceptors (Lipinski definition) is 5. The summed E-state index contributed by atoms with van der Waals surface area (Å²) in [6.45, 7) is 5.73. The van der Waals surface area contributed by atoms with Crippen LogP contribution in [0.15, 0.2) is 54.6 Å². The highest BCUT2D eigenvalue weighted by Crippen LogP contribution is 2.20. The van der Waals surface area contributed by atoms with Crippen LogP contribution in [0.5, 0.6) is 0 Å². The molecule has 2 heterocycles. The van der Waals surface area contributed by atoms with E-state index in [1.165, 1.54) is 17.7 Å². The maximum absolute atomic E-state index is 13.7. The fourth-order valence-electron chi connectivity index (χ4n) is 4.09. The van der Waals surface area contributed by atoms with Gasteiger partial charge in [-0.2, -0.15) is 0 Å². The van der Waals surface area contributed by atoms with Crippen LogP contribution in [-0.2, 0) is 17.8 Å². The first-order valence-corrected chi connectivity index (χ1v) is 10.6. The van der Waals surface area contributed by atoms with Gasteiger partial charge in [-0.3, -0.25) is 9.69 Å². The Bertz CT molecular complexity index is 1010. The number of nitrogens with zero attached hydrogens (tertiary/aromatic N) is 6. The maximum atomic E-state index is 13.7. The number of aromatic nitrogens is 4. The third kappa shape index (κ3) is 5.32. The van der Waals surface area contributed by atoms with E-state index < -0.39 is 6.04 Å². The van der Waals surface area contributed by atoms with Gasteiger partial charge in [-0.25, -0.2) is 9.07 Å². The van der Waals surface area contributed by atoms with Crippen LogP contribution in [0.4, 0.5) is 4.39 Å². The quantitative estimate of drug-likeness (QED) is 0.611. The summed E-state index contributed by atoms with van der Waals surface area (Å²) in [5.74, 6) is 0.222. The van der Waals surface area contributed by atoms with Gasteiger partial charge in [0.1, 0.15) is 17.7 Å². The minimum Gasteiger partial charge on any atom is -0.339 e. The van der Waals surface area contributed by atoms with Gasteiger partial charge in [0.25, 0.3) is 0 Å². The largest absolute Gasteiger partial charge is 0.339 e. The summed E-state index contributed by atoms with van der Waals surface area (Å²) in [6, 6.07) is 16.1. The van der Waals surface area contributed by atoms with Crippen molar-refractivity contribution < 1.29 is 9.18 Å². The van der Waals surface area contributed by atoms with Crippen molar-refractivity contribution in [2.75, 3.05) is 26.2 Å². The minimum atomic E-state index is -0.600. The molecule has 1 amide bonds. The third-order valence-electron chi connectivity index (χ3n) is 5.70. The second-order valence-electron chi connectivity index (χ2n) is 7.96. The number of halogens is 1. The van der Waals surface area contributed by atoms with Crippen molar-refractivity contribution in [3.63, 3.8) is 0 Å². The molecule has 1 saturated heterocycles. The molecule has 0 bridgehead atoms. The highest BCUT2D eigenvalue weighted by molar-refractivity contribution is 5.80. The fraction of sp³-hybridized carbons (Fsp3) is 0.391. The van der Waals surface area contributed by atoms with Crippen LogP contribution in [-0.4, -0.2) is 62.1 Å². The number of hydrogen-bond donors (Lipinski definition) is 0. The molecule has 3 aromatic rings. The Labute approximate surface area is 181 Å². The van der Waals surface area contributed by atoms with Crippen LogP contribution in [0, 0.1) is 12.7 Å². The molecule has 0 aliphatic carbocycles. The van der Waals surface area contributed by atoms with E-state index in [2.05, 4.69) is 44.7 Å². The number of benzene rings is 2. The summed E-state index contributed by atoms with van der Waals surface area (Å²) in [4.78, 5) is 17.8. The summed E-state index contributed by atoms with van der Waals surface area (Å²) >= 11 is 0. The van der Waals surface area contributed by atoms with Crippen LogP contribution in [0.25, 0.3) is 0 Å². The van der Waals surface area contributed by atoms with Gasteiger partial charge in [-0.15, -0.1) is 5.10 Å². The van der Waals surface area contributed by atoms with Crippen molar-refractivity contribution in [3.05, 3.63) is 77.4 Å². The predicted molar refractivity (Wildman–Crippen MR) is 115 cm³/mol. The number of aryl methyl sites for hydroxylation is 1. The van der Waals surface area contributed by atoms with E-state index in [4.69, 9.17) is 0 Å². The average Bonchev–Trinajstić information content (AvgIpc) is 3.06. The lowest BCUT2D eigenvalue weighted by atomic mass is 10.0. The zero-order chi connectivity index (χ0) is 21.6. The molecule has 0 N–H and O–H groups in total. The number of rotatable bonds is 6. The number of amides is 1. The van der Waals surface area contributed by atoms with Gasteiger partial charge in [0.2, 0.25) is 5.91 Å². The molecular weight excluding hydrogens is 395 g/mol. The SMILES string of the molecule is Cc1nnnn1[C@@H](Cc1cccc(F)c1)C(=O)N1CCCN(Cc2ccccc2)CC1. The molecule has 0 unspecified atom stereocenters. The van der Waals surface area contributed by atoms with Gasteiger partial charge < -0.3 is 4.90 Å². The summed E-state index contributed by atoms with van der Waals surface area (Å²) in [5, 5.41) is 11.7. The van der Waals surface area contributed by atoms with Crippen LogP contribution in [0.1, 0.15) is 29.4 Å². The van der Waals surface area contributed by atoms with Crippen LogP contribution in [0.2, 0.25) is 0 Å². The lowest BCUT2D eigenvalue weighted by Crippen LogP contribution is -2.41. The second kappa shape index (κ2) is 9.78. The Morgan fingerprint density at radius 3 is 2.58 bits per heavy atom. The summed E-state index contributed by atoms with van der Waals surface area (Å²) < 4.78 is 15.3. The Balaban J connectivity index is 1.48. The molecule has 8 heteroatoms. The van der Waals surface area contributed by atoms with Gasteiger partial charge in [0, 0.05) is 39.1 Å². The maximum Gasteiger partial charge on any atom is 0.247 e. The molecule has 1 atom stereocenters. The molecule has 4 rings (SSSR count). The van der Waals surface area contributed by atoms with E-state index >= 15 is 0 Å². The number of carbonyl (C=O) groups is 1. The smallest absolute Gasteiger partial charge is 0.247 e. The summed E-state index contributed by atoms with van der Waals surface area (Å²) in [6.07, 6.45) is 1.24. The monoisotopic (exact) mass is 422 g/mol. The van der Waals surface area contributed by atoms with Crippen molar-refractivity contribution in [1.29, 1.82) is 0 Å². The van der Waals surface area contributed by atoms with Gasteiger partial charge in [0.15, 0.2) is 0 Å². The van der Waals surface area contributed by atoms with Crippen molar-refractivity contribution in [1.82, 2.24) is 30.0 Å². The molecular formula is C23H27FN6O. The van der Waals surface area contributed by atoms with E-state index in [1.807, 2.05) is 17.0 Å². The zero-order valence-corrected chi connectivity index (χ0v) is 17.7. The highest BCUT2D eigenvalue weighted by atomic mass is 19.1. The van der Waals surface area contributed by atoms with Crippen molar-refractivity contribution in [3.8, 4) is 0 Å². The van der Waals surface area contributed by atoms with E-state index in [-0.39, 0.29) is 11.7 Å². The van der Waals surface area contributed by atoms with Gasteiger partial charge in [-0.05, 0) is 47.0 Å². The van der Waals surface area contributed by atoms with E-state index in [0.717, 1.165) is 31.6 Å². The molecule has 1 aliphatic heterocycles. The summed E-state index contributed by atoms with van der Waals surface area (Å²) in [7, 11) is 0. The lowest BCUT2D eigenvalue weighted by molar-refractivity contribution is -0.135. The molecule has 0 spiro atoms. The molecule has 31 heavy (non-hydrogen) atoms. The number of carbonyl (C=O) groups excluding carboxylic acids is 1. The molecule has 0 radical (unpaired) electrons. The second-order valence-corrected chi connectivity index (χ2v) is 7.96. The third-order valence-corrected chi connectivity index (χ3v) is 5.70.